The highest BCUT2D eigenvalue weighted by atomic mass is 32.1. The third-order valence-electron chi connectivity index (χ3n) is 4.15. The van der Waals surface area contributed by atoms with E-state index in [1.54, 1.807) is 11.3 Å². The van der Waals surface area contributed by atoms with Crippen molar-refractivity contribution < 1.29 is 4.79 Å². The molecule has 0 radical (unpaired) electrons. The lowest BCUT2D eigenvalue weighted by atomic mass is 9.94. The van der Waals surface area contributed by atoms with Crippen LogP contribution in [0.1, 0.15) is 16.4 Å². The van der Waals surface area contributed by atoms with Gasteiger partial charge in [-0.15, -0.1) is 11.3 Å². The number of carbonyl (C=O) groups excluding carboxylic acids is 1. The van der Waals surface area contributed by atoms with Crippen LogP contribution >= 0.6 is 11.3 Å². The number of nitrogens with one attached hydrogen (secondary N) is 1. The Hall–Kier alpha value is -2.92. The number of para-hydroxylation sites is 1. The van der Waals surface area contributed by atoms with Crippen molar-refractivity contribution >= 4 is 28.8 Å². The summed E-state index contributed by atoms with van der Waals surface area (Å²) in [5.41, 5.74) is 2.89. The van der Waals surface area contributed by atoms with Crippen LogP contribution in [0.2, 0.25) is 0 Å². The highest BCUT2D eigenvalue weighted by Crippen LogP contribution is 2.30. The van der Waals surface area contributed by atoms with Gasteiger partial charge in [-0.05, 0) is 29.1 Å². The van der Waals surface area contributed by atoms with Crippen molar-refractivity contribution in [2.75, 3.05) is 11.9 Å². The Labute approximate surface area is 150 Å². The van der Waals surface area contributed by atoms with Crippen LogP contribution in [-0.4, -0.2) is 23.3 Å². The van der Waals surface area contributed by atoms with E-state index in [1.165, 1.54) is 10.6 Å². The number of hydrogen-bond acceptors (Lipinski definition) is 3. The van der Waals surface area contributed by atoms with E-state index in [0.29, 0.717) is 6.54 Å². The van der Waals surface area contributed by atoms with Crippen molar-refractivity contribution in [1.29, 1.82) is 0 Å². The number of nitrogens with zero attached hydrogens (tertiary/aromatic N) is 2. The van der Waals surface area contributed by atoms with Gasteiger partial charge in [-0.2, -0.15) is 5.10 Å². The molecule has 25 heavy (non-hydrogen) atoms. The third kappa shape index (κ3) is 3.32. The molecule has 1 N–H and O–H groups in total. The van der Waals surface area contributed by atoms with Crippen molar-refractivity contribution in [2.45, 2.75) is 5.92 Å². The molecule has 5 heteroatoms. The van der Waals surface area contributed by atoms with Crippen molar-refractivity contribution in [2.24, 2.45) is 5.10 Å². The molecule has 4 nitrogen and oxygen atoms in total. The molecule has 2 heterocycles. The number of thiophene rings is 1. The minimum Gasteiger partial charge on any atom is -0.306 e. The summed E-state index contributed by atoms with van der Waals surface area (Å²) in [5.74, 6) is 0.0846. The fourth-order valence-electron chi connectivity index (χ4n) is 2.93. The van der Waals surface area contributed by atoms with Gasteiger partial charge in [0.1, 0.15) is 0 Å². The number of hydrogen-bond donors (Lipinski definition) is 1. The Morgan fingerprint density at radius 1 is 1.00 bits per heavy atom. The average molecular weight is 347 g/mol. The van der Waals surface area contributed by atoms with Gasteiger partial charge in [0.2, 0.25) is 0 Å². The van der Waals surface area contributed by atoms with Crippen LogP contribution in [0, 0.1) is 0 Å². The molecular weight excluding hydrogens is 330 g/mol. The van der Waals surface area contributed by atoms with Crippen LogP contribution in [-0.2, 0) is 0 Å². The fourth-order valence-corrected chi connectivity index (χ4v) is 3.70. The van der Waals surface area contributed by atoms with Crippen molar-refractivity contribution in [3.05, 3.63) is 88.6 Å². The van der Waals surface area contributed by atoms with Gasteiger partial charge in [0.15, 0.2) is 0 Å². The smallest absolute Gasteiger partial charge is 0.306 e. The first-order chi connectivity index (χ1) is 12.3. The van der Waals surface area contributed by atoms with Crippen molar-refractivity contribution in [3.63, 3.8) is 0 Å². The number of amides is 2. The Morgan fingerprint density at radius 3 is 2.40 bits per heavy atom. The molecule has 1 aliphatic rings. The van der Waals surface area contributed by atoms with Crippen molar-refractivity contribution in [1.82, 2.24) is 5.01 Å². The van der Waals surface area contributed by atoms with E-state index >= 15 is 0 Å². The predicted molar refractivity (Wildman–Crippen MR) is 102 cm³/mol. The maximum Gasteiger partial charge on any atom is 0.342 e. The fraction of sp³-hybridized carbons (Fsp3) is 0.100. The molecule has 0 spiro atoms. The maximum absolute atomic E-state index is 12.6. The Bertz CT molecular complexity index is 876. The highest BCUT2D eigenvalue weighted by molar-refractivity contribution is 7.12. The summed E-state index contributed by atoms with van der Waals surface area (Å²) in [5, 5.41) is 11.1. The number of hydrazone groups is 1. The summed E-state index contributed by atoms with van der Waals surface area (Å²) < 4.78 is 0. The average Bonchev–Trinajstić information content (AvgIpc) is 3.33. The minimum atomic E-state index is -0.210. The van der Waals surface area contributed by atoms with Crippen LogP contribution in [0.4, 0.5) is 10.5 Å². The molecule has 0 bridgehead atoms. The van der Waals surface area contributed by atoms with Crippen molar-refractivity contribution in [3.8, 4) is 0 Å². The Kier molecular flexibility index (Phi) is 4.31. The molecule has 0 aliphatic carbocycles. The summed E-state index contributed by atoms with van der Waals surface area (Å²) >= 11 is 1.65. The number of benzene rings is 2. The summed E-state index contributed by atoms with van der Waals surface area (Å²) in [6.45, 7) is 0.538. The standard InChI is InChI=1S/C20H17N3OS/c24-20(21-16-10-5-2-6-11-16)23-14-17(15-8-3-1-4-9-15)19(22-23)18-12-7-13-25-18/h1-13,17H,14H2,(H,21,24). The van der Waals surface area contributed by atoms with Gasteiger partial charge in [-0.3, -0.25) is 0 Å². The molecule has 2 amide bonds. The second-order valence-corrected chi connectivity index (χ2v) is 6.75. The van der Waals surface area contributed by atoms with Gasteiger partial charge in [0.05, 0.1) is 17.1 Å². The second-order valence-electron chi connectivity index (χ2n) is 5.80. The topological polar surface area (TPSA) is 44.7 Å². The zero-order chi connectivity index (χ0) is 17.1. The number of rotatable bonds is 3. The summed E-state index contributed by atoms with van der Waals surface area (Å²) in [6, 6.07) is 23.5. The van der Waals surface area contributed by atoms with E-state index in [-0.39, 0.29) is 11.9 Å². The highest BCUT2D eigenvalue weighted by Gasteiger charge is 2.32. The molecule has 0 fully saturated rings. The SMILES string of the molecule is O=C(Nc1ccccc1)N1CC(c2ccccc2)C(c2cccs2)=N1. The van der Waals surface area contributed by atoms with E-state index in [1.807, 2.05) is 60.0 Å². The number of carbonyl (C=O) groups is 1. The van der Waals surface area contributed by atoms with E-state index in [2.05, 4.69) is 28.6 Å². The first-order valence-corrected chi connectivity index (χ1v) is 9.00. The first kappa shape index (κ1) is 15.6. The maximum atomic E-state index is 12.6. The molecule has 124 valence electrons. The lowest BCUT2D eigenvalue weighted by Crippen LogP contribution is -2.30. The zero-order valence-corrected chi connectivity index (χ0v) is 14.3. The molecular formula is C20H17N3OS. The lowest BCUT2D eigenvalue weighted by molar-refractivity contribution is 0.218. The van der Waals surface area contributed by atoms with Crippen LogP contribution in [0.3, 0.4) is 0 Å². The molecule has 0 saturated heterocycles. The second kappa shape index (κ2) is 6.91. The van der Waals surface area contributed by atoms with Crippen LogP contribution in [0.5, 0.6) is 0 Å². The lowest BCUT2D eigenvalue weighted by Gasteiger charge is -2.15. The summed E-state index contributed by atoms with van der Waals surface area (Å²) in [7, 11) is 0. The Balaban J connectivity index is 1.61. The number of urea groups is 1. The molecule has 4 rings (SSSR count). The van der Waals surface area contributed by atoms with Crippen LogP contribution in [0.25, 0.3) is 0 Å². The first-order valence-electron chi connectivity index (χ1n) is 8.12. The molecule has 2 aromatic carbocycles. The van der Waals surface area contributed by atoms with Gasteiger partial charge in [0.25, 0.3) is 0 Å². The van der Waals surface area contributed by atoms with Gasteiger partial charge in [-0.25, -0.2) is 9.80 Å². The van der Waals surface area contributed by atoms with Gasteiger partial charge < -0.3 is 5.32 Å². The van der Waals surface area contributed by atoms with E-state index in [4.69, 9.17) is 0 Å². The van der Waals surface area contributed by atoms with Crippen LogP contribution in [0.15, 0.2) is 83.3 Å². The van der Waals surface area contributed by atoms with Gasteiger partial charge >= 0.3 is 6.03 Å². The van der Waals surface area contributed by atoms with Crippen LogP contribution < -0.4 is 5.32 Å². The molecule has 1 unspecified atom stereocenters. The predicted octanol–water partition coefficient (Wildman–Crippen LogP) is 4.78. The molecule has 1 aromatic heterocycles. The summed E-state index contributed by atoms with van der Waals surface area (Å²) in [4.78, 5) is 13.7. The van der Waals surface area contributed by atoms with E-state index in [9.17, 15) is 4.79 Å². The van der Waals surface area contributed by atoms with Gasteiger partial charge in [0, 0.05) is 11.6 Å². The van der Waals surface area contributed by atoms with E-state index in [0.717, 1.165) is 16.3 Å². The molecule has 3 aromatic rings. The van der Waals surface area contributed by atoms with E-state index < -0.39 is 0 Å². The minimum absolute atomic E-state index is 0.0846. The van der Waals surface area contributed by atoms with Gasteiger partial charge in [-0.1, -0.05) is 54.6 Å². The quantitative estimate of drug-likeness (QED) is 0.728. The number of anilines is 1. The largest absolute Gasteiger partial charge is 0.342 e. The molecule has 1 atom stereocenters. The Morgan fingerprint density at radius 2 is 1.72 bits per heavy atom. The monoisotopic (exact) mass is 347 g/mol. The third-order valence-corrected chi connectivity index (χ3v) is 5.04. The zero-order valence-electron chi connectivity index (χ0n) is 13.5. The molecule has 0 saturated carbocycles. The normalized spacial score (nSPS) is 16.6. The summed E-state index contributed by atoms with van der Waals surface area (Å²) in [6.07, 6.45) is 0. The molecule has 1 aliphatic heterocycles.